The fourth-order valence-corrected chi connectivity index (χ4v) is 3.97. The summed E-state index contributed by atoms with van der Waals surface area (Å²) < 4.78 is 16.0. The molecule has 1 fully saturated rings. The lowest BCUT2D eigenvalue weighted by Gasteiger charge is -2.54. The van der Waals surface area contributed by atoms with Crippen molar-refractivity contribution in [3.05, 3.63) is 11.3 Å². The van der Waals surface area contributed by atoms with Gasteiger partial charge in [0.15, 0.2) is 5.79 Å². The molecule has 4 atom stereocenters. The van der Waals surface area contributed by atoms with Crippen LogP contribution in [0.15, 0.2) is 11.3 Å². The number of aliphatic hydroxyl groups is 1. The summed E-state index contributed by atoms with van der Waals surface area (Å²) in [6.45, 7) is 3.54. The lowest BCUT2D eigenvalue weighted by Crippen LogP contribution is -2.63. The molecule has 0 radical (unpaired) electrons. The zero-order chi connectivity index (χ0) is 15.9. The van der Waals surface area contributed by atoms with E-state index >= 15 is 0 Å². The topological polar surface area (TPSA) is 82.1 Å². The Kier molecular flexibility index (Phi) is 4.13. The van der Waals surface area contributed by atoms with Crippen molar-refractivity contribution in [2.45, 2.75) is 26.1 Å². The lowest BCUT2D eigenvalue weighted by atomic mass is 9.57. The molecule has 0 aromatic heterocycles. The number of fused-ring (bicyclic) bond motifs is 2. The van der Waals surface area contributed by atoms with Crippen molar-refractivity contribution in [1.29, 1.82) is 0 Å². The molecule has 0 unspecified atom stereocenters. The molecule has 0 aliphatic heterocycles. The number of ether oxygens (including phenoxy) is 3. The number of ketones is 1. The van der Waals surface area contributed by atoms with Gasteiger partial charge in [0.1, 0.15) is 11.5 Å². The van der Waals surface area contributed by atoms with Crippen molar-refractivity contribution in [2.75, 3.05) is 21.3 Å². The summed E-state index contributed by atoms with van der Waals surface area (Å²) in [6.07, 6.45) is 0.155. The van der Waals surface area contributed by atoms with Gasteiger partial charge in [0, 0.05) is 38.4 Å². The smallest absolute Gasteiger partial charge is 0.337 e. The Labute approximate surface area is 124 Å². The van der Waals surface area contributed by atoms with Gasteiger partial charge in [-0.2, -0.15) is 0 Å². The zero-order valence-corrected chi connectivity index (χ0v) is 13.0. The Morgan fingerprint density at radius 1 is 1.19 bits per heavy atom. The number of carbonyl (C=O) groups excluding carboxylic acids is 2. The average Bonchev–Trinajstić information content (AvgIpc) is 2.50. The van der Waals surface area contributed by atoms with Crippen molar-refractivity contribution in [3.8, 4) is 0 Å². The second-order valence-electron chi connectivity index (χ2n) is 5.75. The van der Waals surface area contributed by atoms with E-state index in [1.54, 1.807) is 6.92 Å². The van der Waals surface area contributed by atoms with E-state index < -0.39 is 23.6 Å². The molecule has 1 N–H and O–H groups in total. The van der Waals surface area contributed by atoms with Crippen molar-refractivity contribution in [1.82, 2.24) is 0 Å². The van der Waals surface area contributed by atoms with Crippen LogP contribution in [0.25, 0.3) is 0 Å². The van der Waals surface area contributed by atoms with E-state index in [9.17, 15) is 14.7 Å². The van der Waals surface area contributed by atoms with Gasteiger partial charge in [-0.1, -0.05) is 13.8 Å². The van der Waals surface area contributed by atoms with Crippen LogP contribution in [0.5, 0.6) is 0 Å². The third kappa shape index (κ3) is 2.00. The van der Waals surface area contributed by atoms with Crippen molar-refractivity contribution in [3.63, 3.8) is 0 Å². The van der Waals surface area contributed by atoms with E-state index in [0.717, 1.165) is 0 Å². The first-order valence-electron chi connectivity index (χ1n) is 7.00. The molecule has 2 bridgehead atoms. The number of Topliss-reactive ketones (excluding diaryl/α,β-unsaturated/α-hetero) is 1. The molecule has 0 amide bonds. The minimum Gasteiger partial charge on any atom is -0.512 e. The zero-order valence-electron chi connectivity index (χ0n) is 13.0. The van der Waals surface area contributed by atoms with Crippen LogP contribution < -0.4 is 0 Å². The molecule has 0 heterocycles. The van der Waals surface area contributed by atoms with E-state index in [4.69, 9.17) is 14.2 Å². The van der Waals surface area contributed by atoms with E-state index in [1.165, 1.54) is 21.3 Å². The molecule has 2 aliphatic carbocycles. The van der Waals surface area contributed by atoms with Crippen molar-refractivity contribution < 1.29 is 28.9 Å². The molecule has 2 aliphatic rings. The Bertz CT molecular complexity index is 490. The quantitative estimate of drug-likeness (QED) is 0.627. The molecule has 6 heteroatoms. The molecule has 118 valence electrons. The van der Waals surface area contributed by atoms with Gasteiger partial charge in [0.05, 0.1) is 18.6 Å². The van der Waals surface area contributed by atoms with Crippen LogP contribution in [0.2, 0.25) is 0 Å². The Morgan fingerprint density at radius 2 is 1.76 bits per heavy atom. The maximum Gasteiger partial charge on any atom is 0.337 e. The van der Waals surface area contributed by atoms with Gasteiger partial charge in [-0.05, 0) is 0 Å². The van der Waals surface area contributed by atoms with Crippen LogP contribution in [0.4, 0.5) is 0 Å². The standard InChI is InChI=1S/C15H22O6/c1-7-9-6-10(16)11(14(18)19-3)12(8(2)13(7)17)15(9,20-4)21-5/h7-9,12,16H,6H2,1-5H3/t7-,8+,9+,12+/m0/s1. The van der Waals surface area contributed by atoms with Gasteiger partial charge in [-0.25, -0.2) is 4.79 Å². The average molecular weight is 298 g/mol. The molecular weight excluding hydrogens is 276 g/mol. The SMILES string of the molecule is COC(=O)C1=C(O)C[C@@H]2[C@H](C)C(=O)[C@H](C)[C@H]1C2(OC)OC. The molecule has 2 rings (SSSR count). The maximum absolute atomic E-state index is 12.5. The number of methoxy groups -OCH3 is 3. The number of allylic oxidation sites excluding steroid dienone is 1. The summed E-state index contributed by atoms with van der Waals surface area (Å²) in [7, 11) is 4.24. The molecule has 1 saturated carbocycles. The number of hydrogen-bond donors (Lipinski definition) is 1. The van der Waals surface area contributed by atoms with Crippen LogP contribution in [0.3, 0.4) is 0 Å². The van der Waals surface area contributed by atoms with E-state index in [2.05, 4.69) is 0 Å². The highest BCUT2D eigenvalue weighted by atomic mass is 16.7. The molecule has 6 nitrogen and oxygen atoms in total. The number of carbonyl (C=O) groups is 2. The minimum atomic E-state index is -1.11. The predicted molar refractivity (Wildman–Crippen MR) is 73.4 cm³/mol. The fourth-order valence-electron chi connectivity index (χ4n) is 3.97. The summed E-state index contributed by atoms with van der Waals surface area (Å²) in [4.78, 5) is 24.5. The third-order valence-electron chi connectivity index (χ3n) is 5.03. The van der Waals surface area contributed by atoms with E-state index in [1.807, 2.05) is 6.92 Å². The number of rotatable bonds is 3. The second kappa shape index (κ2) is 5.42. The number of hydrogen-bond acceptors (Lipinski definition) is 6. The Hall–Kier alpha value is -1.40. The van der Waals surface area contributed by atoms with Crippen LogP contribution in [0.1, 0.15) is 20.3 Å². The largest absolute Gasteiger partial charge is 0.512 e. The van der Waals surface area contributed by atoms with Crippen LogP contribution in [-0.4, -0.2) is 44.0 Å². The van der Waals surface area contributed by atoms with Crippen molar-refractivity contribution >= 4 is 11.8 Å². The molecule has 0 aromatic carbocycles. The Morgan fingerprint density at radius 3 is 2.24 bits per heavy atom. The van der Waals surface area contributed by atoms with Gasteiger partial charge in [0.25, 0.3) is 0 Å². The maximum atomic E-state index is 12.5. The molecule has 0 aromatic rings. The van der Waals surface area contributed by atoms with Crippen LogP contribution in [-0.2, 0) is 23.8 Å². The summed E-state index contributed by atoms with van der Waals surface area (Å²) in [5.74, 6) is -3.59. The minimum absolute atomic E-state index is 0.0345. The molecule has 0 saturated heterocycles. The van der Waals surface area contributed by atoms with Crippen molar-refractivity contribution in [2.24, 2.45) is 23.7 Å². The monoisotopic (exact) mass is 298 g/mol. The molecule has 21 heavy (non-hydrogen) atoms. The summed E-state index contributed by atoms with van der Waals surface area (Å²) in [5, 5.41) is 10.3. The van der Waals surface area contributed by atoms with E-state index in [-0.39, 0.29) is 35.4 Å². The second-order valence-corrected chi connectivity index (χ2v) is 5.75. The number of esters is 1. The van der Waals surface area contributed by atoms with E-state index in [0.29, 0.717) is 0 Å². The highest BCUT2D eigenvalue weighted by Crippen LogP contribution is 2.54. The first-order valence-corrected chi connectivity index (χ1v) is 7.00. The molecule has 0 spiro atoms. The summed E-state index contributed by atoms with van der Waals surface area (Å²) in [6, 6.07) is 0. The first kappa shape index (κ1) is 16.0. The van der Waals surface area contributed by atoms with Gasteiger partial charge in [-0.3, -0.25) is 4.79 Å². The summed E-state index contributed by atoms with van der Waals surface area (Å²) >= 11 is 0. The third-order valence-corrected chi connectivity index (χ3v) is 5.03. The predicted octanol–water partition coefficient (Wildman–Crippen LogP) is 1.45. The Balaban J connectivity index is 2.67. The first-order chi connectivity index (χ1) is 9.85. The normalized spacial score (nSPS) is 34.8. The fraction of sp³-hybridized carbons (Fsp3) is 0.733. The van der Waals surface area contributed by atoms with Gasteiger partial charge in [0.2, 0.25) is 0 Å². The number of aliphatic hydroxyl groups excluding tert-OH is 1. The summed E-state index contributed by atoms with van der Waals surface area (Å²) in [5.41, 5.74) is 0.0881. The van der Waals surface area contributed by atoms with Crippen LogP contribution in [0, 0.1) is 23.7 Å². The highest BCUT2D eigenvalue weighted by molar-refractivity contribution is 5.94. The highest BCUT2D eigenvalue weighted by Gasteiger charge is 2.63. The molecular formula is C15H22O6. The van der Waals surface area contributed by atoms with Gasteiger partial charge in [-0.15, -0.1) is 0 Å². The van der Waals surface area contributed by atoms with Crippen LogP contribution >= 0.6 is 0 Å². The van der Waals surface area contributed by atoms with Gasteiger partial charge >= 0.3 is 5.97 Å². The lowest BCUT2D eigenvalue weighted by molar-refractivity contribution is -0.293. The van der Waals surface area contributed by atoms with Gasteiger partial charge < -0.3 is 19.3 Å².